The molecule has 1 N–H and O–H groups in total. The number of aromatic nitrogens is 1. The number of rotatable bonds is 3. The largest absolute Gasteiger partial charge is 0.363 e. The Bertz CT molecular complexity index is 501. The Morgan fingerprint density at radius 3 is 2.84 bits per heavy atom. The van der Waals surface area contributed by atoms with Crippen molar-refractivity contribution in [2.75, 3.05) is 32.6 Å². The average molecular weight is 262 g/mol. The molecule has 1 aromatic rings. The highest BCUT2D eigenvalue weighted by Crippen LogP contribution is 2.12. The van der Waals surface area contributed by atoms with E-state index >= 15 is 0 Å². The second-order valence-electron chi connectivity index (χ2n) is 4.95. The van der Waals surface area contributed by atoms with Crippen LogP contribution < -0.4 is 10.2 Å². The van der Waals surface area contributed by atoms with Gasteiger partial charge in [0.1, 0.15) is 5.82 Å². The van der Waals surface area contributed by atoms with Crippen LogP contribution in [0.25, 0.3) is 0 Å². The van der Waals surface area contributed by atoms with Gasteiger partial charge in [-0.1, -0.05) is 0 Å². The minimum absolute atomic E-state index is 0.0639. The van der Waals surface area contributed by atoms with Gasteiger partial charge in [-0.15, -0.1) is 0 Å². The lowest BCUT2D eigenvalue weighted by Crippen LogP contribution is -2.36. The van der Waals surface area contributed by atoms with Gasteiger partial charge in [-0.2, -0.15) is 0 Å². The van der Waals surface area contributed by atoms with Gasteiger partial charge in [0.25, 0.3) is 5.91 Å². The van der Waals surface area contributed by atoms with Gasteiger partial charge in [0.2, 0.25) is 5.91 Å². The van der Waals surface area contributed by atoms with Crippen LogP contribution in [0.2, 0.25) is 0 Å². The quantitative estimate of drug-likeness (QED) is 0.839. The lowest BCUT2D eigenvalue weighted by atomic mass is 10.2. The summed E-state index contributed by atoms with van der Waals surface area (Å²) in [4.78, 5) is 31.1. The molecule has 19 heavy (non-hydrogen) atoms. The lowest BCUT2D eigenvalue weighted by molar-refractivity contribution is -0.126. The van der Waals surface area contributed by atoms with Crippen LogP contribution in [0.3, 0.4) is 0 Å². The van der Waals surface area contributed by atoms with Crippen molar-refractivity contribution in [3.05, 3.63) is 23.9 Å². The number of amides is 2. The third-order valence-corrected chi connectivity index (χ3v) is 3.14. The van der Waals surface area contributed by atoms with Crippen molar-refractivity contribution in [1.82, 2.24) is 15.2 Å². The summed E-state index contributed by atoms with van der Waals surface area (Å²) >= 11 is 0. The number of nitrogens with zero attached hydrogens (tertiary/aromatic N) is 3. The molecule has 1 aliphatic heterocycles. The first-order valence-electron chi connectivity index (χ1n) is 6.15. The fourth-order valence-corrected chi connectivity index (χ4v) is 2.03. The van der Waals surface area contributed by atoms with Crippen LogP contribution in [0.15, 0.2) is 18.3 Å². The molecular formula is C13H18N4O2. The van der Waals surface area contributed by atoms with Gasteiger partial charge in [-0.25, -0.2) is 4.98 Å². The highest BCUT2D eigenvalue weighted by Gasteiger charge is 2.28. The van der Waals surface area contributed by atoms with Gasteiger partial charge < -0.3 is 15.1 Å². The molecular weight excluding hydrogens is 244 g/mol. The van der Waals surface area contributed by atoms with Crippen LogP contribution in [0.5, 0.6) is 0 Å². The number of carbonyl (C=O) groups is 2. The predicted octanol–water partition coefficient (Wildman–Crippen LogP) is 0.108. The smallest absolute Gasteiger partial charge is 0.251 e. The first kappa shape index (κ1) is 13.3. The summed E-state index contributed by atoms with van der Waals surface area (Å²) in [7, 11) is 5.48. The molecule has 2 rings (SSSR count). The molecule has 0 saturated carbocycles. The molecule has 1 saturated heterocycles. The van der Waals surface area contributed by atoms with Crippen LogP contribution in [0.1, 0.15) is 16.8 Å². The summed E-state index contributed by atoms with van der Waals surface area (Å²) < 4.78 is 0. The highest BCUT2D eigenvalue weighted by atomic mass is 16.2. The highest BCUT2D eigenvalue weighted by molar-refractivity contribution is 5.95. The van der Waals surface area contributed by atoms with Crippen molar-refractivity contribution in [2.45, 2.75) is 12.5 Å². The molecule has 0 spiro atoms. The number of carbonyl (C=O) groups excluding carboxylic acids is 2. The predicted molar refractivity (Wildman–Crippen MR) is 72.1 cm³/mol. The molecule has 0 aromatic carbocycles. The second kappa shape index (κ2) is 5.26. The van der Waals surface area contributed by atoms with Gasteiger partial charge in [-0.05, 0) is 12.1 Å². The molecule has 1 atom stereocenters. The van der Waals surface area contributed by atoms with E-state index in [-0.39, 0.29) is 17.9 Å². The first-order valence-corrected chi connectivity index (χ1v) is 6.15. The number of likely N-dealkylation sites (tertiary alicyclic amines) is 1. The zero-order valence-corrected chi connectivity index (χ0v) is 11.4. The van der Waals surface area contributed by atoms with Crippen LogP contribution in [-0.4, -0.2) is 55.4 Å². The zero-order valence-electron chi connectivity index (χ0n) is 11.4. The van der Waals surface area contributed by atoms with E-state index in [1.165, 1.54) is 0 Å². The Hall–Kier alpha value is -2.11. The minimum Gasteiger partial charge on any atom is -0.363 e. The van der Waals surface area contributed by atoms with Crippen molar-refractivity contribution in [3.63, 3.8) is 0 Å². The topological polar surface area (TPSA) is 65.5 Å². The maximum atomic E-state index is 12.1. The number of anilines is 1. The Balaban J connectivity index is 2.04. The molecule has 0 aliphatic carbocycles. The molecule has 6 heteroatoms. The number of hydrogen-bond donors (Lipinski definition) is 1. The van der Waals surface area contributed by atoms with Crippen molar-refractivity contribution in [3.8, 4) is 0 Å². The average Bonchev–Trinajstić information content (AvgIpc) is 2.68. The van der Waals surface area contributed by atoms with Crippen LogP contribution in [-0.2, 0) is 4.79 Å². The van der Waals surface area contributed by atoms with Crippen molar-refractivity contribution >= 4 is 17.6 Å². The van der Waals surface area contributed by atoms with E-state index in [1.54, 1.807) is 30.3 Å². The number of likely N-dealkylation sites (N-methyl/N-ethyl adjacent to an activating group) is 1. The Labute approximate surface area is 112 Å². The molecule has 2 amide bonds. The lowest BCUT2D eigenvalue weighted by Gasteiger charge is -2.14. The number of pyridine rings is 1. The Morgan fingerprint density at radius 1 is 1.53 bits per heavy atom. The van der Waals surface area contributed by atoms with Gasteiger partial charge in [0.15, 0.2) is 0 Å². The van der Waals surface area contributed by atoms with E-state index in [4.69, 9.17) is 0 Å². The maximum absolute atomic E-state index is 12.1. The molecule has 6 nitrogen and oxygen atoms in total. The zero-order chi connectivity index (χ0) is 14.0. The van der Waals surface area contributed by atoms with Crippen LogP contribution in [0.4, 0.5) is 5.82 Å². The summed E-state index contributed by atoms with van der Waals surface area (Å²) in [5.74, 6) is 0.625. The molecule has 1 unspecified atom stereocenters. The second-order valence-corrected chi connectivity index (χ2v) is 4.95. The van der Waals surface area contributed by atoms with Crippen LogP contribution >= 0.6 is 0 Å². The summed E-state index contributed by atoms with van der Waals surface area (Å²) in [6, 6.07) is 3.29. The van der Waals surface area contributed by atoms with Gasteiger partial charge >= 0.3 is 0 Å². The number of nitrogens with one attached hydrogen (secondary N) is 1. The summed E-state index contributed by atoms with van der Waals surface area (Å²) in [5.41, 5.74) is 0.556. The molecule has 1 aliphatic rings. The van der Waals surface area contributed by atoms with Gasteiger partial charge in [0.05, 0.1) is 6.04 Å². The summed E-state index contributed by atoms with van der Waals surface area (Å²) in [5, 5.41) is 2.87. The number of hydrogen-bond acceptors (Lipinski definition) is 4. The van der Waals surface area contributed by atoms with Gasteiger partial charge in [0, 0.05) is 45.9 Å². The summed E-state index contributed by atoms with van der Waals surface area (Å²) in [6.45, 7) is 0.566. The third-order valence-electron chi connectivity index (χ3n) is 3.14. The van der Waals surface area contributed by atoms with E-state index in [0.29, 0.717) is 18.5 Å². The Morgan fingerprint density at radius 2 is 2.26 bits per heavy atom. The van der Waals surface area contributed by atoms with E-state index < -0.39 is 0 Å². The molecule has 2 heterocycles. The molecule has 1 fully saturated rings. The fraction of sp³-hybridized carbons (Fsp3) is 0.462. The normalized spacial score (nSPS) is 18.6. The monoisotopic (exact) mass is 262 g/mol. The van der Waals surface area contributed by atoms with E-state index in [9.17, 15) is 9.59 Å². The minimum atomic E-state index is -0.168. The van der Waals surface area contributed by atoms with Crippen molar-refractivity contribution in [1.29, 1.82) is 0 Å². The van der Waals surface area contributed by atoms with E-state index in [2.05, 4.69) is 10.3 Å². The molecule has 0 radical (unpaired) electrons. The molecule has 1 aromatic heterocycles. The SMILES string of the molecule is CN1CC(NC(=O)c2ccnc(N(C)C)c2)CC1=O. The van der Waals surface area contributed by atoms with Crippen LogP contribution in [0, 0.1) is 0 Å². The van der Waals surface area contributed by atoms with Gasteiger partial charge in [-0.3, -0.25) is 9.59 Å². The fourth-order valence-electron chi connectivity index (χ4n) is 2.03. The van der Waals surface area contributed by atoms with E-state index in [0.717, 1.165) is 5.82 Å². The molecule has 102 valence electrons. The van der Waals surface area contributed by atoms with E-state index in [1.807, 2.05) is 19.0 Å². The summed E-state index contributed by atoms with van der Waals surface area (Å²) in [6.07, 6.45) is 1.98. The maximum Gasteiger partial charge on any atom is 0.251 e. The standard InChI is InChI=1S/C13H18N4O2/c1-16(2)11-6-9(4-5-14-11)13(19)15-10-7-12(18)17(3)8-10/h4-6,10H,7-8H2,1-3H3,(H,15,19). The Kier molecular flexibility index (Phi) is 3.69. The first-order chi connectivity index (χ1) is 8.97. The van der Waals surface area contributed by atoms with Crippen molar-refractivity contribution in [2.24, 2.45) is 0 Å². The molecule has 0 bridgehead atoms. The van der Waals surface area contributed by atoms with Crippen molar-refractivity contribution < 1.29 is 9.59 Å². The third kappa shape index (κ3) is 3.01.